The topological polar surface area (TPSA) is 60.4 Å². The van der Waals surface area contributed by atoms with Crippen molar-refractivity contribution < 1.29 is 19.1 Å². The van der Waals surface area contributed by atoms with Crippen LogP contribution in [0.5, 0.6) is 0 Å². The molecule has 0 N–H and O–H groups in total. The number of aldehydes is 2. The second-order valence-corrected chi connectivity index (χ2v) is 5.17. The van der Waals surface area contributed by atoms with Crippen molar-refractivity contribution in [2.75, 3.05) is 6.61 Å². The van der Waals surface area contributed by atoms with Gasteiger partial charge >= 0.3 is 5.97 Å². The zero-order valence-corrected chi connectivity index (χ0v) is 13.1. The molecule has 0 aliphatic carbocycles. The van der Waals surface area contributed by atoms with Crippen molar-refractivity contribution in [1.82, 2.24) is 0 Å². The number of aryl methyl sites for hydroxylation is 1. The van der Waals surface area contributed by atoms with Crippen molar-refractivity contribution in [2.45, 2.75) is 33.1 Å². The highest BCUT2D eigenvalue weighted by Crippen LogP contribution is 2.17. The maximum atomic E-state index is 11.8. The molecule has 0 fully saturated rings. The molecule has 1 atom stereocenters. The van der Waals surface area contributed by atoms with Crippen molar-refractivity contribution in [1.29, 1.82) is 0 Å². The van der Waals surface area contributed by atoms with E-state index in [1.807, 2.05) is 31.2 Å². The lowest BCUT2D eigenvalue weighted by Gasteiger charge is -2.13. The summed E-state index contributed by atoms with van der Waals surface area (Å²) in [4.78, 5) is 33.4. The minimum absolute atomic E-state index is 0.0467. The maximum absolute atomic E-state index is 11.8. The number of hydrogen-bond acceptors (Lipinski definition) is 4. The van der Waals surface area contributed by atoms with Crippen LogP contribution in [-0.4, -0.2) is 25.1 Å². The van der Waals surface area contributed by atoms with E-state index in [2.05, 4.69) is 0 Å². The summed E-state index contributed by atoms with van der Waals surface area (Å²) in [6.45, 7) is 4.02. The number of ether oxygens (including phenoxy) is 1. The highest BCUT2D eigenvalue weighted by atomic mass is 16.5. The number of rotatable bonds is 9. The van der Waals surface area contributed by atoms with Gasteiger partial charge in [0.2, 0.25) is 0 Å². The summed E-state index contributed by atoms with van der Waals surface area (Å²) in [6.07, 6.45) is 3.87. The first-order valence-electron chi connectivity index (χ1n) is 7.36. The zero-order chi connectivity index (χ0) is 16.4. The van der Waals surface area contributed by atoms with Crippen molar-refractivity contribution in [3.05, 3.63) is 47.0 Å². The molecule has 0 unspecified atom stereocenters. The summed E-state index contributed by atoms with van der Waals surface area (Å²) in [7, 11) is 0. The maximum Gasteiger partial charge on any atom is 0.306 e. The van der Waals surface area contributed by atoms with Gasteiger partial charge in [-0.25, -0.2) is 0 Å². The first-order chi connectivity index (χ1) is 10.6. The van der Waals surface area contributed by atoms with E-state index in [0.29, 0.717) is 24.9 Å². The second kappa shape index (κ2) is 9.66. The lowest BCUT2D eigenvalue weighted by molar-refractivity contribution is -0.144. The van der Waals surface area contributed by atoms with Gasteiger partial charge in [-0.2, -0.15) is 0 Å². The minimum Gasteiger partial charge on any atom is -0.465 e. The first kappa shape index (κ1) is 17.8. The Morgan fingerprint density at radius 1 is 1.23 bits per heavy atom. The third-order valence-electron chi connectivity index (χ3n) is 3.51. The Morgan fingerprint density at radius 2 is 1.91 bits per heavy atom. The van der Waals surface area contributed by atoms with E-state index in [1.54, 1.807) is 13.0 Å². The molecule has 0 aliphatic rings. The van der Waals surface area contributed by atoms with Crippen molar-refractivity contribution in [3.8, 4) is 0 Å². The Labute approximate surface area is 131 Å². The first-order valence-corrected chi connectivity index (χ1v) is 7.36. The van der Waals surface area contributed by atoms with Crippen LogP contribution in [0.3, 0.4) is 0 Å². The highest BCUT2D eigenvalue weighted by molar-refractivity contribution is 5.78. The molecule has 0 bridgehead atoms. The molecule has 4 heteroatoms. The van der Waals surface area contributed by atoms with E-state index in [1.165, 1.54) is 5.56 Å². The molecule has 0 radical (unpaired) electrons. The summed E-state index contributed by atoms with van der Waals surface area (Å²) >= 11 is 0. The van der Waals surface area contributed by atoms with Crippen LogP contribution < -0.4 is 0 Å². The molecule has 0 saturated heterocycles. The fraction of sp³-hybridized carbons (Fsp3) is 0.389. The van der Waals surface area contributed by atoms with Gasteiger partial charge in [-0.05, 0) is 25.0 Å². The van der Waals surface area contributed by atoms with Crippen molar-refractivity contribution in [3.63, 3.8) is 0 Å². The summed E-state index contributed by atoms with van der Waals surface area (Å²) < 4.78 is 5.19. The fourth-order valence-electron chi connectivity index (χ4n) is 2.15. The molecule has 4 nitrogen and oxygen atoms in total. The Balaban J connectivity index is 2.45. The van der Waals surface area contributed by atoms with Gasteiger partial charge in [0, 0.05) is 18.8 Å². The summed E-state index contributed by atoms with van der Waals surface area (Å²) in [5, 5.41) is 0. The molecule has 0 amide bonds. The molecule has 1 aromatic rings. The van der Waals surface area contributed by atoms with E-state index in [-0.39, 0.29) is 18.8 Å². The van der Waals surface area contributed by atoms with E-state index < -0.39 is 5.92 Å². The average molecular weight is 302 g/mol. The van der Waals surface area contributed by atoms with Crippen molar-refractivity contribution >= 4 is 18.5 Å². The molecule has 1 rings (SSSR count). The normalized spacial score (nSPS) is 12.5. The van der Waals surface area contributed by atoms with Gasteiger partial charge in [-0.3, -0.25) is 9.59 Å². The van der Waals surface area contributed by atoms with Gasteiger partial charge in [0.1, 0.15) is 12.6 Å². The van der Waals surface area contributed by atoms with Gasteiger partial charge < -0.3 is 9.53 Å². The largest absolute Gasteiger partial charge is 0.465 e. The monoisotopic (exact) mass is 302 g/mol. The number of benzene rings is 1. The Morgan fingerprint density at radius 3 is 2.45 bits per heavy atom. The number of allylic oxidation sites excluding steroid dienone is 2. The molecule has 0 aliphatic heterocycles. The third-order valence-corrected chi connectivity index (χ3v) is 3.51. The third kappa shape index (κ3) is 6.04. The van der Waals surface area contributed by atoms with Crippen LogP contribution in [-0.2, 0) is 25.5 Å². The molecule has 0 aromatic heterocycles. The lowest BCUT2D eigenvalue weighted by Crippen LogP contribution is -2.16. The van der Waals surface area contributed by atoms with E-state index in [0.717, 1.165) is 11.8 Å². The average Bonchev–Trinajstić information content (AvgIpc) is 2.50. The Kier molecular flexibility index (Phi) is 7.83. The van der Waals surface area contributed by atoms with Crippen LogP contribution in [0, 0.1) is 12.8 Å². The van der Waals surface area contributed by atoms with Crippen molar-refractivity contribution in [2.24, 2.45) is 5.92 Å². The molecular weight excluding hydrogens is 280 g/mol. The predicted molar refractivity (Wildman–Crippen MR) is 84.5 cm³/mol. The zero-order valence-electron chi connectivity index (χ0n) is 13.1. The summed E-state index contributed by atoms with van der Waals surface area (Å²) in [6, 6.07) is 8.03. The Hall–Kier alpha value is -2.23. The second-order valence-electron chi connectivity index (χ2n) is 5.17. The molecular formula is C18H22O4. The molecule has 1 aromatic carbocycles. The summed E-state index contributed by atoms with van der Waals surface area (Å²) in [5.74, 6) is -0.785. The van der Waals surface area contributed by atoms with Crippen LogP contribution in [0.1, 0.15) is 30.9 Å². The molecule has 118 valence electrons. The minimum atomic E-state index is -0.396. The van der Waals surface area contributed by atoms with Crippen LogP contribution in [0.25, 0.3) is 0 Å². The highest BCUT2D eigenvalue weighted by Gasteiger charge is 2.18. The van der Waals surface area contributed by atoms with E-state index >= 15 is 0 Å². The molecule has 0 saturated carbocycles. The molecule has 0 spiro atoms. The van der Waals surface area contributed by atoms with Crippen LogP contribution in [0.15, 0.2) is 35.9 Å². The van der Waals surface area contributed by atoms with Gasteiger partial charge in [0.25, 0.3) is 0 Å². The summed E-state index contributed by atoms with van der Waals surface area (Å²) in [5.41, 5.74) is 2.75. The lowest BCUT2D eigenvalue weighted by atomic mass is 9.93. The van der Waals surface area contributed by atoms with Gasteiger partial charge in [0.15, 0.2) is 0 Å². The number of hydrogen-bond donors (Lipinski definition) is 0. The van der Waals surface area contributed by atoms with Gasteiger partial charge in [0.05, 0.1) is 13.0 Å². The predicted octanol–water partition coefficient (Wildman–Crippen LogP) is 2.82. The standard InChI is InChI=1S/C18H22O4/c1-3-16(13-20)17(8-10-19)12-18(21)22-11-9-15-6-4-14(2)5-7-15/h3-7,10,13,17H,8-9,11-12H2,1-2H3/b16-3-/t17-/m0/s1. The number of carbonyl (C=O) groups is 3. The molecule has 22 heavy (non-hydrogen) atoms. The van der Waals surface area contributed by atoms with Gasteiger partial charge in [-0.1, -0.05) is 35.9 Å². The quantitative estimate of drug-likeness (QED) is 0.400. The fourth-order valence-corrected chi connectivity index (χ4v) is 2.15. The van der Waals surface area contributed by atoms with Crippen LogP contribution in [0.2, 0.25) is 0 Å². The smallest absolute Gasteiger partial charge is 0.306 e. The van der Waals surface area contributed by atoms with Crippen LogP contribution in [0.4, 0.5) is 0 Å². The number of carbonyl (C=O) groups excluding carboxylic acids is 3. The van der Waals surface area contributed by atoms with Crippen LogP contribution >= 0.6 is 0 Å². The SMILES string of the molecule is C/C=C(/C=O)[C@@H](CC=O)CC(=O)OCCc1ccc(C)cc1. The van der Waals surface area contributed by atoms with E-state index in [4.69, 9.17) is 4.74 Å². The molecule has 0 heterocycles. The van der Waals surface area contributed by atoms with E-state index in [9.17, 15) is 14.4 Å². The Bertz CT molecular complexity index is 529. The number of esters is 1. The van der Waals surface area contributed by atoms with Gasteiger partial charge in [-0.15, -0.1) is 0 Å².